The quantitative estimate of drug-likeness (QED) is 0.863. The van der Waals surface area contributed by atoms with Gasteiger partial charge in [0.1, 0.15) is 0 Å². The summed E-state index contributed by atoms with van der Waals surface area (Å²) in [7, 11) is 0. The zero-order chi connectivity index (χ0) is 13.8. The Bertz CT molecular complexity index is 533. The molecule has 0 bridgehead atoms. The third-order valence-electron chi connectivity index (χ3n) is 2.81. The van der Waals surface area contributed by atoms with Gasteiger partial charge in [-0.15, -0.1) is 0 Å². The molecule has 1 aromatic heterocycles. The number of hydrogen-bond donors (Lipinski definition) is 2. The first kappa shape index (κ1) is 13.2. The van der Waals surface area contributed by atoms with Gasteiger partial charge >= 0.3 is 0 Å². The minimum absolute atomic E-state index is 0.104. The summed E-state index contributed by atoms with van der Waals surface area (Å²) in [6.45, 7) is 3.83. The van der Waals surface area contributed by atoms with Gasteiger partial charge in [0.2, 0.25) is 5.91 Å². The molecule has 0 aliphatic rings. The number of hydrogen-bond acceptors (Lipinski definition) is 4. The molecule has 0 spiro atoms. The van der Waals surface area contributed by atoms with Gasteiger partial charge < -0.3 is 11.1 Å². The molecule has 0 radical (unpaired) electrons. The standard InChI is InChI=1S/C13H17N5O/c1-9(2)12(14)13(19)17-10-3-5-11(6-4-10)18-15-7-8-16-18/h3-9,12H,14H2,1-2H3,(H,17,19)/t12-/m0/s1. The maximum Gasteiger partial charge on any atom is 0.241 e. The van der Waals surface area contributed by atoms with E-state index in [1.54, 1.807) is 24.5 Å². The molecule has 0 fully saturated rings. The van der Waals surface area contributed by atoms with E-state index in [-0.39, 0.29) is 11.8 Å². The van der Waals surface area contributed by atoms with Gasteiger partial charge in [0.05, 0.1) is 24.1 Å². The summed E-state index contributed by atoms with van der Waals surface area (Å²) in [5.41, 5.74) is 7.31. The number of carbonyl (C=O) groups excluding carboxylic acids is 1. The summed E-state index contributed by atoms with van der Waals surface area (Å²) in [6, 6.07) is 6.74. The lowest BCUT2D eigenvalue weighted by Crippen LogP contribution is -2.39. The third-order valence-corrected chi connectivity index (χ3v) is 2.81. The second kappa shape index (κ2) is 5.62. The minimum atomic E-state index is -0.507. The zero-order valence-electron chi connectivity index (χ0n) is 10.9. The average molecular weight is 259 g/mol. The van der Waals surface area contributed by atoms with Gasteiger partial charge in [-0.05, 0) is 30.2 Å². The SMILES string of the molecule is CC(C)[C@H](N)C(=O)Nc1ccc(-n2nccn2)cc1. The first-order chi connectivity index (χ1) is 9.08. The number of nitrogens with two attached hydrogens (primary N) is 1. The summed E-state index contributed by atoms with van der Waals surface area (Å²) >= 11 is 0. The zero-order valence-corrected chi connectivity index (χ0v) is 10.9. The second-order valence-corrected chi connectivity index (χ2v) is 4.62. The number of nitrogens with zero attached hydrogens (tertiary/aromatic N) is 3. The van der Waals surface area contributed by atoms with Crippen molar-refractivity contribution in [3.63, 3.8) is 0 Å². The van der Waals surface area contributed by atoms with E-state index in [2.05, 4.69) is 15.5 Å². The van der Waals surface area contributed by atoms with Crippen LogP contribution in [-0.4, -0.2) is 26.9 Å². The van der Waals surface area contributed by atoms with Crippen molar-refractivity contribution in [1.82, 2.24) is 15.0 Å². The highest BCUT2D eigenvalue weighted by molar-refractivity contribution is 5.94. The number of amides is 1. The highest BCUT2D eigenvalue weighted by atomic mass is 16.2. The monoisotopic (exact) mass is 259 g/mol. The molecule has 0 aliphatic carbocycles. The highest BCUT2D eigenvalue weighted by Crippen LogP contribution is 2.12. The summed E-state index contributed by atoms with van der Waals surface area (Å²) in [4.78, 5) is 13.3. The van der Waals surface area contributed by atoms with Crippen LogP contribution < -0.4 is 11.1 Å². The Balaban J connectivity index is 2.05. The van der Waals surface area contributed by atoms with E-state index in [0.717, 1.165) is 5.69 Å². The largest absolute Gasteiger partial charge is 0.325 e. The maximum atomic E-state index is 11.8. The van der Waals surface area contributed by atoms with E-state index in [1.807, 2.05) is 26.0 Å². The molecule has 3 N–H and O–H groups in total. The number of benzene rings is 1. The number of nitrogens with one attached hydrogen (secondary N) is 1. The Kier molecular flexibility index (Phi) is 3.91. The van der Waals surface area contributed by atoms with Gasteiger partial charge in [-0.1, -0.05) is 13.8 Å². The van der Waals surface area contributed by atoms with Crippen molar-refractivity contribution in [3.05, 3.63) is 36.7 Å². The van der Waals surface area contributed by atoms with E-state index in [9.17, 15) is 4.79 Å². The second-order valence-electron chi connectivity index (χ2n) is 4.62. The van der Waals surface area contributed by atoms with Crippen LogP contribution in [0.15, 0.2) is 36.7 Å². The maximum absolute atomic E-state index is 11.8. The fourth-order valence-corrected chi connectivity index (χ4v) is 1.56. The van der Waals surface area contributed by atoms with Gasteiger partial charge in [0.25, 0.3) is 0 Å². The van der Waals surface area contributed by atoms with Crippen molar-refractivity contribution in [2.24, 2.45) is 11.7 Å². The molecule has 0 aliphatic heterocycles. The predicted molar refractivity (Wildman–Crippen MR) is 72.8 cm³/mol. The van der Waals surface area contributed by atoms with Gasteiger partial charge in [-0.25, -0.2) is 0 Å². The van der Waals surface area contributed by atoms with Gasteiger partial charge in [0.15, 0.2) is 0 Å². The van der Waals surface area contributed by atoms with Crippen LogP contribution in [0.25, 0.3) is 5.69 Å². The summed E-state index contributed by atoms with van der Waals surface area (Å²) in [5, 5.41) is 10.8. The van der Waals surface area contributed by atoms with Crippen molar-refractivity contribution in [3.8, 4) is 5.69 Å². The van der Waals surface area contributed by atoms with Crippen molar-refractivity contribution in [2.45, 2.75) is 19.9 Å². The van der Waals surface area contributed by atoms with Gasteiger partial charge in [0, 0.05) is 5.69 Å². The smallest absolute Gasteiger partial charge is 0.241 e. The van der Waals surface area contributed by atoms with Gasteiger partial charge in [-0.2, -0.15) is 15.0 Å². The molecule has 0 saturated heterocycles. The molecule has 2 aromatic rings. The molecule has 1 amide bonds. The molecule has 6 heteroatoms. The molecule has 1 heterocycles. The minimum Gasteiger partial charge on any atom is -0.325 e. The average Bonchev–Trinajstić information content (AvgIpc) is 2.92. The topological polar surface area (TPSA) is 85.8 Å². The van der Waals surface area contributed by atoms with Crippen molar-refractivity contribution in [1.29, 1.82) is 0 Å². The summed E-state index contributed by atoms with van der Waals surface area (Å²) < 4.78 is 0. The lowest BCUT2D eigenvalue weighted by molar-refractivity contribution is -0.118. The van der Waals surface area contributed by atoms with E-state index in [1.165, 1.54) is 4.80 Å². The Morgan fingerprint density at radius 1 is 1.21 bits per heavy atom. The number of rotatable bonds is 4. The molecule has 100 valence electrons. The Hall–Kier alpha value is -2.21. The van der Waals surface area contributed by atoms with Crippen molar-refractivity contribution in [2.75, 3.05) is 5.32 Å². The molecule has 6 nitrogen and oxygen atoms in total. The van der Waals surface area contributed by atoms with Crippen molar-refractivity contribution < 1.29 is 4.79 Å². The molecule has 19 heavy (non-hydrogen) atoms. The van der Waals surface area contributed by atoms with Crippen LogP contribution >= 0.6 is 0 Å². The Morgan fingerprint density at radius 3 is 2.32 bits per heavy atom. The van der Waals surface area contributed by atoms with E-state index < -0.39 is 6.04 Å². The summed E-state index contributed by atoms with van der Waals surface area (Å²) in [5.74, 6) is -0.0764. The number of carbonyl (C=O) groups is 1. The summed E-state index contributed by atoms with van der Waals surface area (Å²) in [6.07, 6.45) is 3.22. The lowest BCUT2D eigenvalue weighted by atomic mass is 10.0. The molecule has 1 atom stereocenters. The van der Waals surface area contributed by atoms with Crippen LogP contribution in [0.4, 0.5) is 5.69 Å². The number of aromatic nitrogens is 3. The first-order valence-corrected chi connectivity index (χ1v) is 6.11. The molecule has 1 aromatic carbocycles. The van der Waals surface area contributed by atoms with Crippen LogP contribution in [0, 0.1) is 5.92 Å². The fourth-order valence-electron chi connectivity index (χ4n) is 1.56. The van der Waals surface area contributed by atoms with Crippen LogP contribution in [0.5, 0.6) is 0 Å². The van der Waals surface area contributed by atoms with Gasteiger partial charge in [-0.3, -0.25) is 4.79 Å². The van der Waals surface area contributed by atoms with Crippen molar-refractivity contribution >= 4 is 11.6 Å². The van der Waals surface area contributed by atoms with E-state index in [0.29, 0.717) is 5.69 Å². The Labute approximate surface area is 111 Å². The van der Waals surface area contributed by atoms with Crippen LogP contribution in [0.1, 0.15) is 13.8 Å². The van der Waals surface area contributed by atoms with Crippen LogP contribution in [-0.2, 0) is 4.79 Å². The third kappa shape index (κ3) is 3.17. The lowest BCUT2D eigenvalue weighted by Gasteiger charge is -2.15. The van der Waals surface area contributed by atoms with E-state index in [4.69, 9.17) is 5.73 Å². The normalized spacial score (nSPS) is 12.4. The van der Waals surface area contributed by atoms with Crippen LogP contribution in [0.3, 0.4) is 0 Å². The highest BCUT2D eigenvalue weighted by Gasteiger charge is 2.16. The van der Waals surface area contributed by atoms with E-state index >= 15 is 0 Å². The predicted octanol–water partition coefficient (Wildman–Crippen LogP) is 1.19. The molecule has 0 unspecified atom stereocenters. The number of anilines is 1. The fraction of sp³-hybridized carbons (Fsp3) is 0.308. The molecule has 0 saturated carbocycles. The molecular formula is C13H17N5O. The van der Waals surface area contributed by atoms with Crippen LogP contribution in [0.2, 0.25) is 0 Å². The molecule has 2 rings (SSSR count). The Morgan fingerprint density at radius 2 is 1.79 bits per heavy atom. The first-order valence-electron chi connectivity index (χ1n) is 6.11. The molecular weight excluding hydrogens is 242 g/mol.